The number of aliphatic hydroxyl groups is 1. The first-order valence-corrected chi connectivity index (χ1v) is 6.11. The SMILES string of the molecule is COc1ccc(CNC(=O)C(O)CC(C)C)cc1. The molecule has 0 aliphatic carbocycles. The van der Waals surface area contributed by atoms with Gasteiger partial charge in [-0.1, -0.05) is 26.0 Å². The lowest BCUT2D eigenvalue weighted by Gasteiger charge is -2.13. The molecule has 100 valence electrons. The summed E-state index contributed by atoms with van der Waals surface area (Å²) in [7, 11) is 1.61. The zero-order valence-corrected chi connectivity index (χ0v) is 11.1. The molecule has 1 amide bonds. The number of amides is 1. The minimum absolute atomic E-state index is 0.298. The van der Waals surface area contributed by atoms with Crippen molar-refractivity contribution in [3.63, 3.8) is 0 Å². The van der Waals surface area contributed by atoms with Crippen LogP contribution >= 0.6 is 0 Å². The van der Waals surface area contributed by atoms with Crippen LogP contribution in [0, 0.1) is 5.92 Å². The fourth-order valence-corrected chi connectivity index (χ4v) is 1.60. The van der Waals surface area contributed by atoms with Gasteiger partial charge in [-0.2, -0.15) is 0 Å². The molecule has 1 rings (SSSR count). The monoisotopic (exact) mass is 251 g/mol. The van der Waals surface area contributed by atoms with Crippen molar-refractivity contribution >= 4 is 5.91 Å². The number of methoxy groups -OCH3 is 1. The average molecular weight is 251 g/mol. The Bertz CT molecular complexity index is 373. The summed E-state index contributed by atoms with van der Waals surface area (Å²) in [5, 5.41) is 12.3. The number of carbonyl (C=O) groups is 1. The van der Waals surface area contributed by atoms with Crippen molar-refractivity contribution < 1.29 is 14.6 Å². The maximum Gasteiger partial charge on any atom is 0.249 e. The minimum Gasteiger partial charge on any atom is -0.497 e. The smallest absolute Gasteiger partial charge is 0.249 e. The lowest BCUT2D eigenvalue weighted by Crippen LogP contribution is -2.34. The second-order valence-corrected chi connectivity index (χ2v) is 4.71. The van der Waals surface area contributed by atoms with E-state index in [0.717, 1.165) is 11.3 Å². The van der Waals surface area contributed by atoms with E-state index >= 15 is 0 Å². The number of rotatable bonds is 6. The van der Waals surface area contributed by atoms with E-state index in [4.69, 9.17) is 4.74 Å². The second-order valence-electron chi connectivity index (χ2n) is 4.71. The molecule has 0 fully saturated rings. The van der Waals surface area contributed by atoms with Crippen molar-refractivity contribution in [3.05, 3.63) is 29.8 Å². The lowest BCUT2D eigenvalue weighted by atomic mass is 10.1. The third kappa shape index (κ3) is 4.75. The summed E-state index contributed by atoms with van der Waals surface area (Å²) in [5.41, 5.74) is 0.973. The Balaban J connectivity index is 2.41. The van der Waals surface area contributed by atoms with Gasteiger partial charge in [-0.25, -0.2) is 0 Å². The first kappa shape index (κ1) is 14.5. The molecule has 0 heterocycles. The zero-order chi connectivity index (χ0) is 13.5. The highest BCUT2D eigenvalue weighted by atomic mass is 16.5. The molecule has 0 aromatic heterocycles. The van der Waals surface area contributed by atoms with Crippen LogP contribution in [0.3, 0.4) is 0 Å². The third-order valence-corrected chi connectivity index (χ3v) is 2.62. The Morgan fingerprint density at radius 2 is 1.94 bits per heavy atom. The van der Waals surface area contributed by atoms with Gasteiger partial charge in [0.25, 0.3) is 0 Å². The molecule has 1 aromatic rings. The molecule has 0 saturated carbocycles. The molecule has 0 aliphatic heterocycles. The molecule has 0 bridgehead atoms. The molecule has 1 aromatic carbocycles. The van der Waals surface area contributed by atoms with Crippen LogP contribution in [0.15, 0.2) is 24.3 Å². The van der Waals surface area contributed by atoms with Crippen LogP contribution < -0.4 is 10.1 Å². The minimum atomic E-state index is -0.928. The number of ether oxygens (including phenoxy) is 1. The Morgan fingerprint density at radius 3 is 2.44 bits per heavy atom. The van der Waals surface area contributed by atoms with Crippen molar-refractivity contribution in [1.82, 2.24) is 5.32 Å². The molecule has 18 heavy (non-hydrogen) atoms. The molecular formula is C14H21NO3. The molecule has 0 saturated heterocycles. The molecule has 0 spiro atoms. The van der Waals surface area contributed by atoms with Crippen molar-refractivity contribution in [2.24, 2.45) is 5.92 Å². The fourth-order valence-electron chi connectivity index (χ4n) is 1.60. The van der Waals surface area contributed by atoms with Gasteiger partial charge in [-0.05, 0) is 30.0 Å². The molecule has 0 aliphatic rings. The summed E-state index contributed by atoms with van der Waals surface area (Å²) in [6.07, 6.45) is -0.447. The standard InChI is InChI=1S/C14H21NO3/c1-10(2)8-13(16)14(17)15-9-11-4-6-12(18-3)7-5-11/h4-7,10,13,16H,8-9H2,1-3H3,(H,15,17). The molecule has 0 radical (unpaired) electrons. The maximum absolute atomic E-state index is 11.6. The molecule has 1 unspecified atom stereocenters. The Kier molecular flexibility index (Phi) is 5.65. The molecule has 4 nitrogen and oxygen atoms in total. The van der Waals surface area contributed by atoms with Crippen LogP contribution in [-0.4, -0.2) is 24.2 Å². The quantitative estimate of drug-likeness (QED) is 0.809. The van der Waals surface area contributed by atoms with E-state index in [9.17, 15) is 9.90 Å². The average Bonchev–Trinajstić information content (AvgIpc) is 2.35. The normalized spacial score (nSPS) is 12.3. The predicted molar refractivity (Wildman–Crippen MR) is 70.3 cm³/mol. The van der Waals surface area contributed by atoms with E-state index in [1.165, 1.54) is 0 Å². The van der Waals surface area contributed by atoms with Gasteiger partial charge < -0.3 is 15.2 Å². The number of nitrogens with one attached hydrogen (secondary N) is 1. The summed E-state index contributed by atoms with van der Waals surface area (Å²) in [6, 6.07) is 7.44. The van der Waals surface area contributed by atoms with Crippen LogP contribution in [0.5, 0.6) is 5.75 Å². The summed E-state index contributed by atoms with van der Waals surface area (Å²) < 4.78 is 5.05. The van der Waals surface area contributed by atoms with E-state index in [0.29, 0.717) is 18.9 Å². The van der Waals surface area contributed by atoms with Crippen molar-refractivity contribution in [1.29, 1.82) is 0 Å². The van der Waals surface area contributed by atoms with Gasteiger partial charge in [0.15, 0.2) is 0 Å². The summed E-state index contributed by atoms with van der Waals surface area (Å²) in [6.45, 7) is 4.36. The van der Waals surface area contributed by atoms with E-state index in [2.05, 4.69) is 5.32 Å². The van der Waals surface area contributed by atoms with Gasteiger partial charge in [0.05, 0.1) is 7.11 Å². The van der Waals surface area contributed by atoms with Crippen LogP contribution in [0.2, 0.25) is 0 Å². The van der Waals surface area contributed by atoms with Crippen molar-refractivity contribution in [2.45, 2.75) is 32.9 Å². The Hall–Kier alpha value is -1.55. The largest absolute Gasteiger partial charge is 0.497 e. The number of hydrogen-bond acceptors (Lipinski definition) is 3. The van der Waals surface area contributed by atoms with E-state index in [-0.39, 0.29) is 5.91 Å². The van der Waals surface area contributed by atoms with E-state index < -0.39 is 6.10 Å². The first-order chi connectivity index (χ1) is 8.52. The lowest BCUT2D eigenvalue weighted by molar-refractivity contribution is -0.130. The van der Waals surface area contributed by atoms with E-state index in [1.54, 1.807) is 7.11 Å². The van der Waals surface area contributed by atoms with E-state index in [1.807, 2.05) is 38.1 Å². The highest BCUT2D eigenvalue weighted by molar-refractivity contribution is 5.80. The van der Waals surface area contributed by atoms with Crippen LogP contribution in [0.4, 0.5) is 0 Å². The van der Waals surface area contributed by atoms with Gasteiger partial charge in [0, 0.05) is 6.54 Å². The van der Waals surface area contributed by atoms with Gasteiger partial charge in [-0.3, -0.25) is 4.79 Å². The number of hydrogen-bond donors (Lipinski definition) is 2. The van der Waals surface area contributed by atoms with Gasteiger partial charge in [0.2, 0.25) is 5.91 Å². The number of aliphatic hydroxyl groups excluding tert-OH is 1. The fraction of sp³-hybridized carbons (Fsp3) is 0.500. The summed E-state index contributed by atoms with van der Waals surface area (Å²) >= 11 is 0. The number of carbonyl (C=O) groups excluding carboxylic acids is 1. The summed E-state index contributed by atoms with van der Waals surface area (Å²) in [5.74, 6) is 0.760. The second kappa shape index (κ2) is 7.01. The molecule has 4 heteroatoms. The highest BCUT2D eigenvalue weighted by Gasteiger charge is 2.15. The molecule has 2 N–H and O–H groups in total. The molecule has 1 atom stereocenters. The topological polar surface area (TPSA) is 58.6 Å². The third-order valence-electron chi connectivity index (χ3n) is 2.62. The number of benzene rings is 1. The Morgan fingerprint density at radius 1 is 1.33 bits per heavy atom. The molecular weight excluding hydrogens is 230 g/mol. The zero-order valence-electron chi connectivity index (χ0n) is 11.1. The maximum atomic E-state index is 11.6. The summed E-state index contributed by atoms with van der Waals surface area (Å²) in [4.78, 5) is 11.6. The van der Waals surface area contributed by atoms with Crippen LogP contribution in [0.1, 0.15) is 25.8 Å². The van der Waals surface area contributed by atoms with Crippen molar-refractivity contribution in [2.75, 3.05) is 7.11 Å². The predicted octanol–water partition coefficient (Wildman–Crippen LogP) is 1.72. The first-order valence-electron chi connectivity index (χ1n) is 6.11. The van der Waals surface area contributed by atoms with Gasteiger partial charge >= 0.3 is 0 Å². The van der Waals surface area contributed by atoms with Crippen LogP contribution in [0.25, 0.3) is 0 Å². The van der Waals surface area contributed by atoms with Crippen molar-refractivity contribution in [3.8, 4) is 5.75 Å². The van der Waals surface area contributed by atoms with Gasteiger partial charge in [-0.15, -0.1) is 0 Å². The highest BCUT2D eigenvalue weighted by Crippen LogP contribution is 2.11. The van der Waals surface area contributed by atoms with Crippen LogP contribution in [-0.2, 0) is 11.3 Å². The van der Waals surface area contributed by atoms with Gasteiger partial charge in [0.1, 0.15) is 11.9 Å². The Labute approximate surface area is 108 Å².